The van der Waals surface area contributed by atoms with E-state index < -0.39 is 6.04 Å². The largest absolute Gasteiger partial charge is 0.465 e. The third-order valence-electron chi connectivity index (χ3n) is 4.72. The Labute approximate surface area is 116 Å². The molecule has 1 saturated heterocycles. The van der Waals surface area contributed by atoms with Crippen LogP contribution in [0, 0.1) is 11.8 Å². The first-order valence-electron chi connectivity index (χ1n) is 7.85. The molecule has 0 radical (unpaired) electrons. The number of rotatable bonds is 5. The van der Waals surface area contributed by atoms with Gasteiger partial charge in [0.1, 0.15) is 6.04 Å². The first-order valence-corrected chi connectivity index (χ1v) is 7.85. The lowest BCUT2D eigenvalue weighted by molar-refractivity contribution is -0.144. The lowest BCUT2D eigenvalue weighted by atomic mass is 9.75. The van der Waals surface area contributed by atoms with Gasteiger partial charge in [-0.25, -0.2) is 0 Å². The second-order valence-corrected chi connectivity index (χ2v) is 6.04. The van der Waals surface area contributed by atoms with E-state index in [1.807, 2.05) is 6.92 Å². The second kappa shape index (κ2) is 7.25. The second-order valence-electron chi connectivity index (χ2n) is 6.04. The third-order valence-corrected chi connectivity index (χ3v) is 4.72. The summed E-state index contributed by atoms with van der Waals surface area (Å²) in [4.78, 5) is 14.0. The van der Waals surface area contributed by atoms with E-state index in [9.17, 15) is 4.79 Å². The number of fused-ring (bicyclic) bond motifs is 1. The summed E-state index contributed by atoms with van der Waals surface area (Å²) >= 11 is 0. The number of ether oxygens (including phenoxy) is 1. The molecule has 2 aliphatic rings. The predicted octanol–water partition coefficient (Wildman–Crippen LogP) is 1.78. The summed E-state index contributed by atoms with van der Waals surface area (Å²) in [6, 6.07) is -0.455. The van der Waals surface area contributed by atoms with Gasteiger partial charge in [0.2, 0.25) is 0 Å². The number of hydrogen-bond acceptors (Lipinski definition) is 4. The summed E-state index contributed by atoms with van der Waals surface area (Å²) in [6.45, 7) is 5.55. The Kier molecular flexibility index (Phi) is 5.64. The molecule has 0 aromatic carbocycles. The number of nitrogens with two attached hydrogens (primary N) is 1. The average molecular weight is 268 g/mol. The van der Waals surface area contributed by atoms with E-state index in [0.29, 0.717) is 6.61 Å². The fourth-order valence-corrected chi connectivity index (χ4v) is 3.57. The van der Waals surface area contributed by atoms with Crippen LogP contribution in [0.5, 0.6) is 0 Å². The van der Waals surface area contributed by atoms with Crippen LogP contribution < -0.4 is 5.73 Å². The zero-order valence-corrected chi connectivity index (χ0v) is 12.1. The van der Waals surface area contributed by atoms with Gasteiger partial charge in [0, 0.05) is 13.1 Å². The van der Waals surface area contributed by atoms with Crippen molar-refractivity contribution in [2.45, 2.75) is 51.5 Å². The molecule has 3 unspecified atom stereocenters. The average Bonchev–Trinajstić information content (AvgIpc) is 2.44. The van der Waals surface area contributed by atoms with E-state index >= 15 is 0 Å². The van der Waals surface area contributed by atoms with Crippen molar-refractivity contribution < 1.29 is 9.53 Å². The summed E-state index contributed by atoms with van der Waals surface area (Å²) in [5.74, 6) is 1.60. The van der Waals surface area contributed by atoms with Crippen LogP contribution >= 0.6 is 0 Å². The normalized spacial score (nSPS) is 29.6. The molecule has 0 spiro atoms. The first-order chi connectivity index (χ1) is 9.20. The predicted molar refractivity (Wildman–Crippen MR) is 75.7 cm³/mol. The van der Waals surface area contributed by atoms with Crippen molar-refractivity contribution in [3.8, 4) is 0 Å². The monoisotopic (exact) mass is 268 g/mol. The molecule has 0 aromatic heterocycles. The maximum atomic E-state index is 11.5. The van der Waals surface area contributed by atoms with Gasteiger partial charge >= 0.3 is 5.97 Å². The van der Waals surface area contributed by atoms with Gasteiger partial charge in [-0.05, 0) is 44.6 Å². The van der Waals surface area contributed by atoms with E-state index in [1.54, 1.807) is 0 Å². The minimum atomic E-state index is -0.455. The first kappa shape index (κ1) is 14.8. The van der Waals surface area contributed by atoms with Gasteiger partial charge in [-0.2, -0.15) is 0 Å². The fraction of sp³-hybridized carbons (Fsp3) is 0.933. The van der Waals surface area contributed by atoms with Crippen LogP contribution in [0.4, 0.5) is 0 Å². The molecule has 110 valence electrons. The van der Waals surface area contributed by atoms with Crippen LogP contribution in [0.2, 0.25) is 0 Å². The highest BCUT2D eigenvalue weighted by Crippen LogP contribution is 2.35. The smallest absolute Gasteiger partial charge is 0.322 e. The Bertz CT molecular complexity index is 296. The standard InChI is InChI=1S/C15H28N2O2/c1-2-19-15(18)14(16)8-10-17-9-7-12-5-3-4-6-13(12)11-17/h12-14H,2-11,16H2,1H3. The van der Waals surface area contributed by atoms with Crippen molar-refractivity contribution in [2.24, 2.45) is 17.6 Å². The quantitative estimate of drug-likeness (QED) is 0.772. The lowest BCUT2D eigenvalue weighted by Gasteiger charge is -2.41. The van der Waals surface area contributed by atoms with Gasteiger partial charge in [0.25, 0.3) is 0 Å². The van der Waals surface area contributed by atoms with Crippen LogP contribution in [0.25, 0.3) is 0 Å². The van der Waals surface area contributed by atoms with Crippen molar-refractivity contribution >= 4 is 5.97 Å². The maximum absolute atomic E-state index is 11.5. The molecule has 4 nitrogen and oxygen atoms in total. The molecule has 0 aromatic rings. The van der Waals surface area contributed by atoms with Crippen LogP contribution in [0.15, 0.2) is 0 Å². The van der Waals surface area contributed by atoms with E-state index in [-0.39, 0.29) is 5.97 Å². The van der Waals surface area contributed by atoms with Gasteiger partial charge in [-0.1, -0.05) is 19.3 Å². The van der Waals surface area contributed by atoms with E-state index in [4.69, 9.17) is 10.5 Å². The molecule has 0 amide bonds. The number of nitrogens with zero attached hydrogens (tertiary/aromatic N) is 1. The minimum absolute atomic E-state index is 0.255. The van der Waals surface area contributed by atoms with Crippen LogP contribution in [-0.2, 0) is 9.53 Å². The van der Waals surface area contributed by atoms with Gasteiger partial charge < -0.3 is 15.4 Å². The number of piperidine rings is 1. The van der Waals surface area contributed by atoms with Crippen molar-refractivity contribution in [3.05, 3.63) is 0 Å². The Balaban J connectivity index is 1.70. The molecular formula is C15H28N2O2. The van der Waals surface area contributed by atoms with Gasteiger partial charge in [-0.3, -0.25) is 4.79 Å². The Morgan fingerprint density at radius 2 is 2.05 bits per heavy atom. The van der Waals surface area contributed by atoms with Crippen molar-refractivity contribution in [3.63, 3.8) is 0 Å². The number of carbonyl (C=O) groups is 1. The molecule has 2 rings (SSSR count). The maximum Gasteiger partial charge on any atom is 0.322 e. The van der Waals surface area contributed by atoms with Crippen LogP contribution in [0.3, 0.4) is 0 Å². The minimum Gasteiger partial charge on any atom is -0.465 e. The number of esters is 1. The summed E-state index contributed by atoms with van der Waals surface area (Å²) in [7, 11) is 0. The van der Waals surface area contributed by atoms with Gasteiger partial charge in [0.15, 0.2) is 0 Å². The number of likely N-dealkylation sites (tertiary alicyclic amines) is 1. The van der Waals surface area contributed by atoms with Crippen LogP contribution in [0.1, 0.15) is 45.4 Å². The summed E-state index contributed by atoms with van der Waals surface area (Å²) in [6.07, 6.45) is 7.70. The van der Waals surface area contributed by atoms with E-state index in [0.717, 1.165) is 24.8 Å². The number of hydrogen-bond donors (Lipinski definition) is 1. The molecule has 4 heteroatoms. The molecule has 2 N–H and O–H groups in total. The summed E-state index contributed by atoms with van der Waals surface area (Å²) in [5, 5.41) is 0. The molecule has 1 saturated carbocycles. The molecule has 1 aliphatic carbocycles. The lowest BCUT2D eigenvalue weighted by Crippen LogP contribution is -2.44. The highest BCUT2D eigenvalue weighted by atomic mass is 16.5. The molecule has 1 heterocycles. The van der Waals surface area contributed by atoms with Gasteiger partial charge in [0.05, 0.1) is 6.61 Å². The van der Waals surface area contributed by atoms with Crippen LogP contribution in [-0.4, -0.2) is 43.2 Å². The highest BCUT2D eigenvalue weighted by molar-refractivity contribution is 5.75. The molecule has 0 bridgehead atoms. The molecule has 2 fully saturated rings. The van der Waals surface area contributed by atoms with Crippen molar-refractivity contribution in [1.29, 1.82) is 0 Å². The third kappa shape index (κ3) is 4.18. The molecular weight excluding hydrogens is 240 g/mol. The summed E-state index contributed by atoms with van der Waals surface area (Å²) < 4.78 is 4.95. The molecule has 3 atom stereocenters. The fourth-order valence-electron chi connectivity index (χ4n) is 3.57. The summed E-state index contributed by atoms with van der Waals surface area (Å²) in [5.41, 5.74) is 5.85. The van der Waals surface area contributed by atoms with Crippen molar-refractivity contribution in [1.82, 2.24) is 4.90 Å². The Morgan fingerprint density at radius 1 is 1.32 bits per heavy atom. The molecule has 19 heavy (non-hydrogen) atoms. The van der Waals surface area contributed by atoms with Gasteiger partial charge in [-0.15, -0.1) is 0 Å². The SMILES string of the molecule is CCOC(=O)C(N)CCN1CCC2CCCCC2C1. The Hall–Kier alpha value is -0.610. The number of carbonyl (C=O) groups excluding carboxylic acids is 1. The van der Waals surface area contributed by atoms with E-state index in [2.05, 4.69) is 4.90 Å². The zero-order chi connectivity index (χ0) is 13.7. The Morgan fingerprint density at radius 3 is 2.79 bits per heavy atom. The van der Waals surface area contributed by atoms with Crippen molar-refractivity contribution in [2.75, 3.05) is 26.2 Å². The topological polar surface area (TPSA) is 55.6 Å². The van der Waals surface area contributed by atoms with E-state index in [1.165, 1.54) is 45.2 Å². The molecule has 1 aliphatic heterocycles. The zero-order valence-electron chi connectivity index (χ0n) is 12.1. The highest BCUT2D eigenvalue weighted by Gasteiger charge is 2.31.